The number of nitrogens with zero attached hydrogens (tertiary/aromatic N) is 3. The number of aromatic nitrogens is 3. The smallest absolute Gasteiger partial charge is 0.241 e. The zero-order valence-corrected chi connectivity index (χ0v) is 12.0. The molecule has 110 valence electrons. The van der Waals surface area contributed by atoms with Crippen molar-refractivity contribution in [1.29, 1.82) is 0 Å². The zero-order valence-electron chi connectivity index (χ0n) is 12.0. The quantitative estimate of drug-likeness (QED) is 0.898. The van der Waals surface area contributed by atoms with Crippen molar-refractivity contribution >= 4 is 11.6 Å². The normalized spacial score (nSPS) is 22.0. The Labute approximate surface area is 123 Å². The maximum atomic E-state index is 12.4. The molecule has 0 bridgehead atoms. The summed E-state index contributed by atoms with van der Waals surface area (Å²) in [5, 5.41) is 10.4. The van der Waals surface area contributed by atoms with Crippen LogP contribution in [-0.2, 0) is 4.79 Å². The van der Waals surface area contributed by atoms with Gasteiger partial charge in [0.05, 0.1) is 17.4 Å². The van der Waals surface area contributed by atoms with Gasteiger partial charge in [-0.25, -0.2) is 9.67 Å². The van der Waals surface area contributed by atoms with Crippen molar-refractivity contribution in [2.75, 3.05) is 11.9 Å². The molecular weight excluding hydrogens is 266 g/mol. The molecule has 0 aliphatic carbocycles. The van der Waals surface area contributed by atoms with Crippen LogP contribution in [0.4, 0.5) is 5.69 Å². The summed E-state index contributed by atoms with van der Waals surface area (Å²) in [5.41, 5.74) is 1.56. The molecule has 6 nitrogen and oxygen atoms in total. The minimum atomic E-state index is -0.127. The molecule has 1 amide bonds. The SMILES string of the molecule is CC1CCNC(C(=O)Nc2ccccc2-n2cncn2)C1. The third-order valence-electron chi connectivity index (χ3n) is 3.81. The Morgan fingerprint density at radius 1 is 1.43 bits per heavy atom. The molecule has 1 saturated heterocycles. The predicted molar refractivity (Wildman–Crippen MR) is 80.2 cm³/mol. The van der Waals surface area contributed by atoms with Gasteiger partial charge in [0.1, 0.15) is 12.7 Å². The molecule has 2 N–H and O–H groups in total. The Morgan fingerprint density at radius 2 is 2.29 bits per heavy atom. The Bertz CT molecular complexity index is 610. The highest BCUT2D eigenvalue weighted by Crippen LogP contribution is 2.21. The second kappa shape index (κ2) is 6.05. The molecule has 2 unspecified atom stereocenters. The van der Waals surface area contributed by atoms with E-state index in [1.54, 1.807) is 11.0 Å². The average molecular weight is 285 g/mol. The zero-order chi connectivity index (χ0) is 14.7. The number of anilines is 1. The van der Waals surface area contributed by atoms with Gasteiger partial charge in [-0.3, -0.25) is 4.79 Å². The summed E-state index contributed by atoms with van der Waals surface area (Å²) in [5.74, 6) is 0.585. The Hall–Kier alpha value is -2.21. The molecule has 1 aromatic heterocycles. The lowest BCUT2D eigenvalue weighted by Gasteiger charge is -2.27. The molecule has 3 rings (SSSR count). The third-order valence-corrected chi connectivity index (χ3v) is 3.81. The first-order valence-corrected chi connectivity index (χ1v) is 7.22. The van der Waals surface area contributed by atoms with Crippen LogP contribution in [0.2, 0.25) is 0 Å². The first-order chi connectivity index (χ1) is 10.2. The monoisotopic (exact) mass is 285 g/mol. The van der Waals surface area contributed by atoms with E-state index in [0.29, 0.717) is 5.92 Å². The summed E-state index contributed by atoms with van der Waals surface area (Å²) in [6.07, 6.45) is 5.09. The van der Waals surface area contributed by atoms with E-state index >= 15 is 0 Å². The van der Waals surface area contributed by atoms with Gasteiger partial charge in [-0.1, -0.05) is 19.1 Å². The predicted octanol–water partition coefficient (Wildman–Crippen LogP) is 1.59. The molecule has 2 atom stereocenters. The highest BCUT2D eigenvalue weighted by molar-refractivity contribution is 5.96. The van der Waals surface area contributed by atoms with Gasteiger partial charge in [-0.05, 0) is 37.4 Å². The summed E-state index contributed by atoms with van der Waals surface area (Å²) in [7, 11) is 0. The van der Waals surface area contributed by atoms with Crippen molar-refractivity contribution in [2.24, 2.45) is 5.92 Å². The van der Waals surface area contributed by atoms with Gasteiger partial charge in [0, 0.05) is 0 Å². The summed E-state index contributed by atoms with van der Waals surface area (Å²) >= 11 is 0. The van der Waals surface area contributed by atoms with E-state index in [1.807, 2.05) is 24.3 Å². The Balaban J connectivity index is 1.77. The van der Waals surface area contributed by atoms with Gasteiger partial charge in [-0.15, -0.1) is 0 Å². The number of carbonyl (C=O) groups excluding carboxylic acids is 1. The van der Waals surface area contributed by atoms with Crippen molar-refractivity contribution in [3.05, 3.63) is 36.9 Å². The molecule has 2 aromatic rings. The van der Waals surface area contributed by atoms with E-state index in [9.17, 15) is 4.79 Å². The minimum absolute atomic E-state index is 0.00844. The summed E-state index contributed by atoms with van der Waals surface area (Å²) in [6.45, 7) is 3.08. The van der Waals surface area contributed by atoms with Crippen LogP contribution >= 0.6 is 0 Å². The number of rotatable bonds is 3. The van der Waals surface area contributed by atoms with Crippen LogP contribution in [0.15, 0.2) is 36.9 Å². The topological polar surface area (TPSA) is 71.8 Å². The summed E-state index contributed by atoms with van der Waals surface area (Å²) in [6, 6.07) is 7.46. The molecule has 1 aliphatic heterocycles. The number of hydrogen-bond donors (Lipinski definition) is 2. The first-order valence-electron chi connectivity index (χ1n) is 7.22. The fourth-order valence-corrected chi connectivity index (χ4v) is 2.64. The molecule has 21 heavy (non-hydrogen) atoms. The lowest BCUT2D eigenvalue weighted by molar-refractivity contribution is -0.119. The number of benzene rings is 1. The lowest BCUT2D eigenvalue weighted by Crippen LogP contribution is -2.45. The number of carbonyl (C=O) groups is 1. The second-order valence-corrected chi connectivity index (χ2v) is 5.48. The molecule has 1 aromatic carbocycles. The van der Waals surface area contributed by atoms with Gasteiger partial charge < -0.3 is 10.6 Å². The fourth-order valence-electron chi connectivity index (χ4n) is 2.64. The van der Waals surface area contributed by atoms with Gasteiger partial charge in [-0.2, -0.15) is 5.10 Å². The van der Waals surface area contributed by atoms with E-state index < -0.39 is 0 Å². The van der Waals surface area contributed by atoms with Gasteiger partial charge in [0.25, 0.3) is 0 Å². The van der Waals surface area contributed by atoms with Crippen molar-refractivity contribution in [3.8, 4) is 5.69 Å². The highest BCUT2D eigenvalue weighted by atomic mass is 16.2. The summed E-state index contributed by atoms with van der Waals surface area (Å²) in [4.78, 5) is 16.4. The molecule has 1 fully saturated rings. The van der Waals surface area contributed by atoms with Crippen molar-refractivity contribution < 1.29 is 4.79 Å². The maximum Gasteiger partial charge on any atom is 0.241 e. The van der Waals surface area contributed by atoms with Crippen molar-refractivity contribution in [1.82, 2.24) is 20.1 Å². The first kappa shape index (κ1) is 13.8. The molecular formula is C15H19N5O. The van der Waals surface area contributed by atoms with E-state index in [0.717, 1.165) is 30.8 Å². The molecule has 2 heterocycles. The van der Waals surface area contributed by atoms with Crippen molar-refractivity contribution in [2.45, 2.75) is 25.8 Å². The van der Waals surface area contributed by atoms with E-state index in [4.69, 9.17) is 0 Å². The van der Waals surface area contributed by atoms with Gasteiger partial charge >= 0.3 is 0 Å². The molecule has 0 spiro atoms. The molecule has 0 radical (unpaired) electrons. The lowest BCUT2D eigenvalue weighted by atomic mass is 9.94. The minimum Gasteiger partial charge on any atom is -0.323 e. The number of hydrogen-bond acceptors (Lipinski definition) is 4. The average Bonchev–Trinajstić information content (AvgIpc) is 3.02. The Morgan fingerprint density at radius 3 is 3.05 bits per heavy atom. The van der Waals surface area contributed by atoms with E-state index in [2.05, 4.69) is 27.6 Å². The largest absolute Gasteiger partial charge is 0.323 e. The summed E-state index contributed by atoms with van der Waals surface area (Å²) < 4.78 is 1.65. The van der Waals surface area contributed by atoms with Crippen LogP contribution in [0, 0.1) is 5.92 Å². The molecule has 6 heteroatoms. The number of amides is 1. The van der Waals surface area contributed by atoms with Crippen LogP contribution < -0.4 is 10.6 Å². The van der Waals surface area contributed by atoms with Crippen molar-refractivity contribution in [3.63, 3.8) is 0 Å². The standard InChI is InChI=1S/C15H19N5O/c1-11-6-7-17-13(8-11)15(21)19-12-4-2-3-5-14(12)20-10-16-9-18-20/h2-5,9-11,13,17H,6-8H2,1H3,(H,19,21). The van der Waals surface area contributed by atoms with Crippen LogP contribution in [-0.4, -0.2) is 33.3 Å². The van der Waals surface area contributed by atoms with Crippen LogP contribution in [0.5, 0.6) is 0 Å². The molecule has 1 aliphatic rings. The number of para-hydroxylation sites is 2. The highest BCUT2D eigenvalue weighted by Gasteiger charge is 2.25. The van der Waals surface area contributed by atoms with Crippen LogP contribution in [0.25, 0.3) is 5.69 Å². The number of nitrogens with one attached hydrogen (secondary N) is 2. The maximum absolute atomic E-state index is 12.4. The van der Waals surface area contributed by atoms with Gasteiger partial charge in [0.2, 0.25) is 5.91 Å². The van der Waals surface area contributed by atoms with Gasteiger partial charge in [0.15, 0.2) is 0 Å². The second-order valence-electron chi connectivity index (χ2n) is 5.48. The van der Waals surface area contributed by atoms with Crippen LogP contribution in [0.1, 0.15) is 19.8 Å². The Kier molecular flexibility index (Phi) is 3.96. The third kappa shape index (κ3) is 3.11. The fraction of sp³-hybridized carbons (Fsp3) is 0.400. The van der Waals surface area contributed by atoms with Crippen LogP contribution in [0.3, 0.4) is 0 Å². The van der Waals surface area contributed by atoms with E-state index in [-0.39, 0.29) is 11.9 Å². The van der Waals surface area contributed by atoms with E-state index in [1.165, 1.54) is 6.33 Å². The number of piperidine rings is 1. The molecule has 0 saturated carbocycles.